The number of anilines is 1. The predicted octanol–water partition coefficient (Wildman–Crippen LogP) is 1.76. The van der Waals surface area contributed by atoms with Crippen LogP contribution in [0.5, 0.6) is 0 Å². The SMILES string of the molecule is CCNC1=C(C#CCCCNC(=O)[C@@H]2CCCN2C(=O)/C=C/CN(C)C)C=NC(Nc2ccc3cn[nH]c3c2)N1. The quantitative estimate of drug-likeness (QED) is 0.165. The fraction of sp³-hybridized carbons (Fsp3) is 0.448. The minimum atomic E-state index is -0.400. The zero-order valence-electron chi connectivity index (χ0n) is 23.5. The average Bonchev–Trinajstić information content (AvgIpc) is 3.61. The number of allylic oxidation sites excluding steroid dienone is 1. The van der Waals surface area contributed by atoms with Crippen LogP contribution in [0.3, 0.4) is 0 Å². The van der Waals surface area contributed by atoms with E-state index in [9.17, 15) is 9.59 Å². The average molecular weight is 546 g/mol. The van der Waals surface area contributed by atoms with Gasteiger partial charge >= 0.3 is 0 Å². The Kier molecular flexibility index (Phi) is 10.2. The Morgan fingerprint density at radius 2 is 2.17 bits per heavy atom. The third kappa shape index (κ3) is 7.86. The molecule has 5 N–H and O–H groups in total. The van der Waals surface area contributed by atoms with Gasteiger partial charge in [-0.2, -0.15) is 5.10 Å². The summed E-state index contributed by atoms with van der Waals surface area (Å²) < 4.78 is 0. The molecule has 2 atom stereocenters. The fourth-order valence-electron chi connectivity index (χ4n) is 4.57. The molecule has 2 aliphatic heterocycles. The van der Waals surface area contributed by atoms with Gasteiger partial charge in [0, 0.05) is 56.0 Å². The summed E-state index contributed by atoms with van der Waals surface area (Å²) in [6, 6.07) is 5.59. The van der Waals surface area contributed by atoms with Crippen molar-refractivity contribution in [2.75, 3.05) is 45.6 Å². The Morgan fingerprint density at radius 3 is 3.00 bits per heavy atom. The van der Waals surface area contributed by atoms with Crippen molar-refractivity contribution in [1.29, 1.82) is 0 Å². The summed E-state index contributed by atoms with van der Waals surface area (Å²) in [5, 5.41) is 21.1. The van der Waals surface area contributed by atoms with Crippen molar-refractivity contribution >= 4 is 34.6 Å². The van der Waals surface area contributed by atoms with Gasteiger partial charge in [-0.25, -0.2) is 4.99 Å². The summed E-state index contributed by atoms with van der Waals surface area (Å²) in [5.41, 5.74) is 2.66. The number of hydrogen-bond donors (Lipinski definition) is 5. The highest BCUT2D eigenvalue weighted by Gasteiger charge is 2.32. The second kappa shape index (κ2) is 14.2. The smallest absolute Gasteiger partial charge is 0.246 e. The van der Waals surface area contributed by atoms with E-state index in [2.05, 4.69) is 48.3 Å². The van der Waals surface area contributed by atoms with Crippen LogP contribution in [0.4, 0.5) is 5.69 Å². The summed E-state index contributed by atoms with van der Waals surface area (Å²) in [7, 11) is 3.89. The van der Waals surface area contributed by atoms with Crippen LogP contribution < -0.4 is 21.3 Å². The number of aliphatic imine (C=N–C) groups is 1. The highest BCUT2D eigenvalue weighted by atomic mass is 16.2. The minimum Gasteiger partial charge on any atom is -0.371 e. The van der Waals surface area contributed by atoms with Crippen molar-refractivity contribution in [1.82, 2.24) is 35.9 Å². The molecule has 40 heavy (non-hydrogen) atoms. The van der Waals surface area contributed by atoms with Gasteiger partial charge in [-0.3, -0.25) is 14.7 Å². The number of aromatic amines is 1. The van der Waals surface area contributed by atoms with Crippen LogP contribution in [0.1, 0.15) is 32.6 Å². The van der Waals surface area contributed by atoms with Crippen molar-refractivity contribution in [3.8, 4) is 11.8 Å². The largest absolute Gasteiger partial charge is 0.371 e. The first-order valence-electron chi connectivity index (χ1n) is 13.8. The molecule has 0 saturated carbocycles. The molecule has 0 radical (unpaired) electrons. The maximum atomic E-state index is 12.7. The van der Waals surface area contributed by atoms with Crippen molar-refractivity contribution in [3.05, 3.63) is 47.9 Å². The van der Waals surface area contributed by atoms with Crippen LogP contribution in [-0.2, 0) is 9.59 Å². The van der Waals surface area contributed by atoms with Gasteiger partial charge in [0.25, 0.3) is 0 Å². The zero-order chi connectivity index (χ0) is 28.3. The fourth-order valence-corrected chi connectivity index (χ4v) is 4.57. The number of benzene rings is 1. The number of hydrogen-bond acceptors (Lipinski definition) is 8. The van der Waals surface area contributed by atoms with Crippen molar-refractivity contribution in [2.45, 2.75) is 44.9 Å². The molecule has 212 valence electrons. The minimum absolute atomic E-state index is 0.0919. The van der Waals surface area contributed by atoms with E-state index in [1.54, 1.807) is 23.4 Å². The maximum absolute atomic E-state index is 12.7. The first-order chi connectivity index (χ1) is 19.4. The number of carbonyl (C=O) groups excluding carboxylic acids is 2. The number of aromatic nitrogens is 2. The van der Waals surface area contributed by atoms with Crippen LogP contribution in [0.25, 0.3) is 10.9 Å². The van der Waals surface area contributed by atoms with Crippen LogP contribution >= 0.6 is 0 Å². The lowest BCUT2D eigenvalue weighted by Gasteiger charge is -2.25. The highest BCUT2D eigenvalue weighted by molar-refractivity contribution is 5.93. The molecule has 4 rings (SSSR count). The molecule has 1 aromatic carbocycles. The van der Waals surface area contributed by atoms with Gasteiger partial charge in [-0.1, -0.05) is 17.9 Å². The van der Waals surface area contributed by atoms with E-state index in [4.69, 9.17) is 0 Å². The second-order valence-corrected chi connectivity index (χ2v) is 10.0. The summed E-state index contributed by atoms with van der Waals surface area (Å²) in [4.78, 5) is 33.5. The van der Waals surface area contributed by atoms with Crippen LogP contribution in [0.15, 0.2) is 52.9 Å². The molecule has 1 saturated heterocycles. The third-order valence-electron chi connectivity index (χ3n) is 6.57. The second-order valence-electron chi connectivity index (χ2n) is 10.0. The monoisotopic (exact) mass is 545 g/mol. The number of fused-ring (bicyclic) bond motifs is 1. The Balaban J connectivity index is 1.23. The molecule has 0 aliphatic carbocycles. The number of likely N-dealkylation sites (tertiary alicyclic amines) is 1. The summed E-state index contributed by atoms with van der Waals surface area (Å²) in [5.74, 6) is 7.01. The lowest BCUT2D eigenvalue weighted by Crippen LogP contribution is -2.45. The molecular weight excluding hydrogens is 506 g/mol. The van der Waals surface area contributed by atoms with Gasteiger partial charge in [0.1, 0.15) is 11.9 Å². The molecule has 2 amide bonds. The number of amides is 2. The van der Waals surface area contributed by atoms with Gasteiger partial charge in [0.05, 0.1) is 17.3 Å². The molecule has 2 aromatic rings. The van der Waals surface area contributed by atoms with Crippen LogP contribution in [0.2, 0.25) is 0 Å². The zero-order valence-corrected chi connectivity index (χ0v) is 23.5. The maximum Gasteiger partial charge on any atom is 0.246 e. The first-order valence-corrected chi connectivity index (χ1v) is 13.8. The molecule has 1 aromatic heterocycles. The Morgan fingerprint density at radius 1 is 1.30 bits per heavy atom. The van der Waals surface area contributed by atoms with Gasteiger partial charge in [-0.15, -0.1) is 0 Å². The van der Waals surface area contributed by atoms with E-state index in [-0.39, 0.29) is 18.1 Å². The number of H-pyrrole nitrogens is 1. The topological polar surface area (TPSA) is 130 Å². The van der Waals surface area contributed by atoms with Gasteiger partial charge < -0.3 is 31.1 Å². The lowest BCUT2D eigenvalue weighted by atomic mass is 10.2. The molecule has 0 bridgehead atoms. The summed E-state index contributed by atoms with van der Waals surface area (Å²) >= 11 is 0. The molecule has 2 aliphatic rings. The lowest BCUT2D eigenvalue weighted by molar-refractivity contribution is -0.135. The first kappa shape index (κ1) is 28.7. The van der Waals surface area contributed by atoms with E-state index in [0.717, 1.165) is 47.4 Å². The number of nitrogens with zero attached hydrogens (tertiary/aromatic N) is 4. The molecule has 1 fully saturated rings. The highest BCUT2D eigenvalue weighted by Crippen LogP contribution is 2.19. The Bertz CT molecular complexity index is 1330. The molecule has 11 heteroatoms. The van der Waals surface area contributed by atoms with Crippen molar-refractivity contribution < 1.29 is 9.59 Å². The number of likely N-dealkylation sites (N-methyl/N-ethyl adjacent to an activating group) is 1. The molecule has 1 unspecified atom stereocenters. The number of carbonyl (C=O) groups is 2. The molecular formula is C29H39N9O2. The normalized spacial score (nSPS) is 18.6. The Hall–Kier alpha value is -4.30. The van der Waals surface area contributed by atoms with Gasteiger partial charge in [0.15, 0.2) is 6.29 Å². The van der Waals surface area contributed by atoms with Gasteiger partial charge in [0.2, 0.25) is 11.8 Å². The number of nitrogens with one attached hydrogen (secondary N) is 5. The van der Waals surface area contributed by atoms with E-state index in [1.807, 2.05) is 50.2 Å². The summed E-state index contributed by atoms with van der Waals surface area (Å²) in [6.07, 6.45) is 9.51. The predicted molar refractivity (Wildman–Crippen MR) is 158 cm³/mol. The Labute approximate surface area is 235 Å². The third-order valence-corrected chi connectivity index (χ3v) is 6.57. The van der Waals surface area contributed by atoms with Crippen molar-refractivity contribution in [3.63, 3.8) is 0 Å². The van der Waals surface area contributed by atoms with E-state index in [1.165, 1.54) is 0 Å². The standard InChI is InChI=1S/C29H39N9O2/c1-4-30-27-22(19-32-29(35-27)34-23-14-13-21-20-33-36-24(21)18-23)10-6-5-7-15-31-28(40)25-11-8-17-38(25)26(39)12-9-16-37(2)3/h9,12-14,18-20,25,29-30,34-35H,4-5,7-8,11,15-17H2,1-3H3,(H,31,40)(H,33,36)/b12-9+/t25-,29?/m0/s1. The molecule has 3 heterocycles. The van der Waals surface area contributed by atoms with Crippen molar-refractivity contribution in [2.24, 2.45) is 4.99 Å². The van der Waals surface area contributed by atoms with E-state index < -0.39 is 6.04 Å². The molecule has 11 nitrogen and oxygen atoms in total. The van der Waals surface area contributed by atoms with Crippen LogP contribution in [-0.4, -0.2) is 90.6 Å². The molecule has 0 spiro atoms. The van der Waals surface area contributed by atoms with Gasteiger partial charge in [-0.05, 0) is 58.5 Å². The number of rotatable bonds is 11. The van der Waals surface area contributed by atoms with E-state index in [0.29, 0.717) is 32.5 Å². The summed E-state index contributed by atoms with van der Waals surface area (Å²) in [6.45, 7) is 4.59. The number of unbranched alkanes of at least 4 members (excludes halogenated alkanes) is 1. The van der Waals surface area contributed by atoms with Crippen LogP contribution in [0, 0.1) is 11.8 Å². The van der Waals surface area contributed by atoms with E-state index >= 15 is 0 Å².